The predicted octanol–water partition coefficient (Wildman–Crippen LogP) is 4.96. The second-order valence-electron chi connectivity index (χ2n) is 4.37. The Bertz CT molecular complexity index is 848. The number of nitrogens with zero attached hydrogens (tertiary/aromatic N) is 3. The van der Waals surface area contributed by atoms with Gasteiger partial charge in [-0.25, -0.2) is 4.98 Å². The first-order chi connectivity index (χ1) is 11.8. The van der Waals surface area contributed by atoms with Gasteiger partial charge in [0.1, 0.15) is 5.75 Å². The zero-order valence-electron chi connectivity index (χ0n) is 11.8. The molecule has 0 aliphatic heterocycles. The van der Waals surface area contributed by atoms with Crippen molar-refractivity contribution in [2.24, 2.45) is 0 Å². The third-order valence-electron chi connectivity index (χ3n) is 2.68. The molecule has 3 rings (SSSR count). The van der Waals surface area contributed by atoms with Crippen molar-refractivity contribution in [1.82, 2.24) is 15.2 Å². The number of benzene rings is 1. The topological polar surface area (TPSA) is 61.0 Å². The van der Waals surface area contributed by atoms with E-state index in [1.807, 2.05) is 0 Å². The summed E-state index contributed by atoms with van der Waals surface area (Å²) in [5, 5.41) is 8.36. The normalized spacial score (nSPS) is 11.9. The van der Waals surface area contributed by atoms with Crippen LogP contribution in [0.4, 0.5) is 22.0 Å². The van der Waals surface area contributed by atoms with E-state index < -0.39 is 18.5 Å². The Morgan fingerprint density at radius 2 is 1.84 bits per heavy atom. The van der Waals surface area contributed by atoms with Gasteiger partial charge in [0.15, 0.2) is 10.0 Å². The van der Waals surface area contributed by atoms with Gasteiger partial charge in [-0.05, 0) is 24.3 Å². The van der Waals surface area contributed by atoms with Crippen molar-refractivity contribution in [2.75, 3.05) is 0 Å². The molecule has 5 nitrogen and oxygen atoms in total. The quantitative estimate of drug-likeness (QED) is 0.569. The Labute approximate surface area is 144 Å². The molecule has 0 unspecified atom stereocenters. The highest BCUT2D eigenvalue weighted by molar-refractivity contribution is 8.00. The second kappa shape index (κ2) is 6.96. The van der Waals surface area contributed by atoms with Gasteiger partial charge in [0.25, 0.3) is 5.22 Å². The Kier molecular flexibility index (Phi) is 4.90. The predicted molar refractivity (Wildman–Crippen MR) is 77.6 cm³/mol. The average molecular weight is 395 g/mol. The molecule has 0 bridgehead atoms. The summed E-state index contributed by atoms with van der Waals surface area (Å²) in [4.78, 5) is 3.44. The summed E-state index contributed by atoms with van der Waals surface area (Å²) in [7, 11) is 0. The molecule has 2 heterocycles. The molecule has 1 aromatic carbocycles. The van der Waals surface area contributed by atoms with Gasteiger partial charge in [-0.1, -0.05) is 0 Å². The first-order valence-corrected chi connectivity index (χ1v) is 8.10. The Balaban J connectivity index is 1.71. The monoisotopic (exact) mass is 395 g/mol. The molecule has 0 amide bonds. The van der Waals surface area contributed by atoms with E-state index >= 15 is 0 Å². The standard InChI is InChI=1S/C13H6F5N3O2S2/c14-10(15)22-7-3-1-6(2-4-7)9-20-21-11(23-9)25-12-19-8(5-24-12)13(16,17)18/h1-5,10H. The Hall–Kier alpha value is -2.21. The van der Waals surface area contributed by atoms with Crippen LogP contribution in [0.15, 0.2) is 43.6 Å². The third-order valence-corrected chi connectivity index (χ3v) is 4.46. The highest BCUT2D eigenvalue weighted by Crippen LogP contribution is 2.36. The van der Waals surface area contributed by atoms with Crippen molar-refractivity contribution in [1.29, 1.82) is 0 Å². The maximum absolute atomic E-state index is 12.5. The molecule has 0 saturated heterocycles. The third kappa shape index (κ3) is 4.45. The van der Waals surface area contributed by atoms with E-state index in [2.05, 4.69) is 19.9 Å². The van der Waals surface area contributed by atoms with Gasteiger partial charge in [0.2, 0.25) is 5.89 Å². The summed E-state index contributed by atoms with van der Waals surface area (Å²) >= 11 is 1.60. The van der Waals surface area contributed by atoms with Crippen LogP contribution in [-0.4, -0.2) is 21.8 Å². The van der Waals surface area contributed by atoms with Gasteiger partial charge in [-0.2, -0.15) is 22.0 Å². The molecular formula is C13H6F5N3O2S2. The lowest BCUT2D eigenvalue weighted by atomic mass is 10.2. The summed E-state index contributed by atoms with van der Waals surface area (Å²) in [6.45, 7) is -2.93. The zero-order valence-corrected chi connectivity index (χ0v) is 13.5. The van der Waals surface area contributed by atoms with Crippen molar-refractivity contribution in [3.63, 3.8) is 0 Å². The molecule has 0 aliphatic carbocycles. The van der Waals surface area contributed by atoms with E-state index in [4.69, 9.17) is 4.42 Å². The zero-order chi connectivity index (χ0) is 18.0. The van der Waals surface area contributed by atoms with Crippen LogP contribution in [0.25, 0.3) is 11.5 Å². The second-order valence-corrected chi connectivity index (χ2v) is 6.43. The van der Waals surface area contributed by atoms with E-state index in [-0.39, 0.29) is 21.2 Å². The number of hydrogen-bond donors (Lipinski definition) is 0. The summed E-state index contributed by atoms with van der Waals surface area (Å²) in [5.74, 6) is 0.0500. The van der Waals surface area contributed by atoms with E-state index in [1.165, 1.54) is 24.3 Å². The lowest BCUT2D eigenvalue weighted by Gasteiger charge is -2.03. The number of rotatable bonds is 5. The molecule has 0 aliphatic rings. The van der Waals surface area contributed by atoms with Crippen LogP contribution >= 0.6 is 23.1 Å². The van der Waals surface area contributed by atoms with Crippen LogP contribution in [0.5, 0.6) is 5.75 Å². The summed E-state index contributed by atoms with van der Waals surface area (Å²) in [6, 6.07) is 5.47. The van der Waals surface area contributed by atoms with Gasteiger partial charge in [0.05, 0.1) is 0 Å². The molecule has 12 heteroatoms. The highest BCUT2D eigenvalue weighted by atomic mass is 32.2. The number of alkyl halides is 5. The number of hydrogen-bond acceptors (Lipinski definition) is 7. The SMILES string of the molecule is FC(F)Oc1ccc(-c2nnc(Sc3nc(C(F)(F)F)cs3)o2)cc1. The van der Waals surface area contributed by atoms with Crippen molar-refractivity contribution in [2.45, 2.75) is 22.4 Å². The molecule has 2 aromatic heterocycles. The molecule has 132 valence electrons. The average Bonchev–Trinajstić information content (AvgIpc) is 3.17. The molecule has 3 aromatic rings. The first-order valence-electron chi connectivity index (χ1n) is 6.40. The number of ether oxygens (including phenoxy) is 1. The van der Waals surface area contributed by atoms with Gasteiger partial charge in [-0.15, -0.1) is 21.5 Å². The van der Waals surface area contributed by atoms with E-state index in [9.17, 15) is 22.0 Å². The lowest BCUT2D eigenvalue weighted by Crippen LogP contribution is -2.04. The molecule has 0 N–H and O–H groups in total. The minimum atomic E-state index is -4.52. The molecule has 0 spiro atoms. The molecule has 0 atom stereocenters. The Morgan fingerprint density at radius 1 is 1.12 bits per heavy atom. The minimum Gasteiger partial charge on any atom is -0.435 e. The molecule has 0 saturated carbocycles. The number of halogens is 5. The van der Waals surface area contributed by atoms with E-state index in [1.54, 1.807) is 0 Å². The van der Waals surface area contributed by atoms with Crippen LogP contribution in [0.3, 0.4) is 0 Å². The summed E-state index contributed by atoms with van der Waals surface area (Å²) < 4.78 is 71.3. The fourth-order valence-corrected chi connectivity index (χ4v) is 3.25. The molecule has 0 radical (unpaired) electrons. The van der Waals surface area contributed by atoms with E-state index in [0.29, 0.717) is 5.56 Å². The van der Waals surface area contributed by atoms with Gasteiger partial charge in [-0.3, -0.25) is 0 Å². The Morgan fingerprint density at radius 3 is 2.44 bits per heavy atom. The minimum absolute atomic E-state index is 0.00554. The van der Waals surface area contributed by atoms with Crippen LogP contribution in [0.1, 0.15) is 5.69 Å². The lowest BCUT2D eigenvalue weighted by molar-refractivity contribution is -0.141. The maximum atomic E-state index is 12.5. The number of aromatic nitrogens is 3. The fraction of sp³-hybridized carbons (Fsp3) is 0.154. The van der Waals surface area contributed by atoms with Crippen LogP contribution in [0.2, 0.25) is 0 Å². The summed E-state index contributed by atoms with van der Waals surface area (Å²) in [5.41, 5.74) is -0.551. The van der Waals surface area contributed by atoms with Crippen LogP contribution in [0, 0.1) is 0 Å². The molecular weight excluding hydrogens is 389 g/mol. The smallest absolute Gasteiger partial charge is 0.434 e. The van der Waals surface area contributed by atoms with Gasteiger partial charge >= 0.3 is 12.8 Å². The highest BCUT2D eigenvalue weighted by Gasteiger charge is 2.34. The van der Waals surface area contributed by atoms with Crippen LogP contribution < -0.4 is 4.74 Å². The maximum Gasteiger partial charge on any atom is 0.434 e. The van der Waals surface area contributed by atoms with Crippen LogP contribution in [-0.2, 0) is 6.18 Å². The molecule has 0 fully saturated rings. The van der Waals surface area contributed by atoms with Crippen molar-refractivity contribution in [3.05, 3.63) is 35.3 Å². The summed E-state index contributed by atoms with van der Waals surface area (Å²) in [6.07, 6.45) is -4.52. The molecule has 25 heavy (non-hydrogen) atoms. The van der Waals surface area contributed by atoms with Crippen molar-refractivity contribution >= 4 is 23.1 Å². The largest absolute Gasteiger partial charge is 0.435 e. The fourth-order valence-electron chi connectivity index (χ4n) is 1.66. The van der Waals surface area contributed by atoms with Crippen molar-refractivity contribution < 1.29 is 31.1 Å². The van der Waals surface area contributed by atoms with Crippen molar-refractivity contribution in [3.8, 4) is 17.2 Å². The van der Waals surface area contributed by atoms with E-state index in [0.717, 1.165) is 28.5 Å². The first kappa shape index (κ1) is 17.6. The van der Waals surface area contributed by atoms with Gasteiger partial charge in [0, 0.05) is 22.7 Å². The van der Waals surface area contributed by atoms with Gasteiger partial charge < -0.3 is 9.15 Å². The number of thiazole rings is 1.